The Hall–Kier alpha value is -0.300. The van der Waals surface area contributed by atoms with E-state index in [9.17, 15) is 0 Å². The summed E-state index contributed by atoms with van der Waals surface area (Å²) in [6, 6.07) is 0. The normalized spacial score (nSPS) is 9.50. The van der Waals surface area contributed by atoms with Crippen LogP contribution in [0, 0.1) is 0 Å². The van der Waals surface area contributed by atoms with Gasteiger partial charge in [-0.25, -0.2) is 0 Å². The van der Waals surface area contributed by atoms with Gasteiger partial charge in [0.15, 0.2) is 0 Å². The SMILES string of the molecule is C.C=CCCCCCCCCCCN. The molecule has 0 aliphatic carbocycles. The molecule has 0 aliphatic heterocycles. The number of nitrogens with two attached hydrogens (primary N) is 1. The molecule has 0 amide bonds. The van der Waals surface area contributed by atoms with Crippen molar-refractivity contribution in [2.45, 2.75) is 65.2 Å². The lowest BCUT2D eigenvalue weighted by molar-refractivity contribution is 0.572. The third-order valence-corrected chi connectivity index (χ3v) is 2.36. The highest BCUT2D eigenvalue weighted by Crippen LogP contribution is 2.09. The molecule has 0 bridgehead atoms. The first-order valence-electron chi connectivity index (χ1n) is 5.72. The Morgan fingerprint density at radius 2 is 1.21 bits per heavy atom. The lowest BCUT2D eigenvalue weighted by atomic mass is 10.1. The molecule has 0 aliphatic rings. The minimum absolute atomic E-state index is 0. The van der Waals surface area contributed by atoms with Crippen LogP contribution in [0.4, 0.5) is 0 Å². The van der Waals surface area contributed by atoms with Gasteiger partial charge < -0.3 is 5.73 Å². The summed E-state index contributed by atoms with van der Waals surface area (Å²) in [5, 5.41) is 0. The van der Waals surface area contributed by atoms with Crippen LogP contribution in [0.5, 0.6) is 0 Å². The predicted octanol–water partition coefficient (Wildman–Crippen LogP) is 4.28. The summed E-state index contributed by atoms with van der Waals surface area (Å²) in [6.07, 6.45) is 14.0. The van der Waals surface area contributed by atoms with Crippen LogP contribution in [0.1, 0.15) is 65.2 Å². The lowest BCUT2D eigenvalue weighted by Crippen LogP contribution is -1.97. The minimum Gasteiger partial charge on any atom is -0.330 e. The average molecular weight is 199 g/mol. The molecule has 0 fully saturated rings. The number of unbranched alkanes of at least 4 members (excludes halogenated alkanes) is 8. The van der Waals surface area contributed by atoms with E-state index in [0.29, 0.717) is 0 Å². The zero-order valence-corrected chi connectivity index (χ0v) is 8.93. The zero-order valence-electron chi connectivity index (χ0n) is 8.93. The quantitative estimate of drug-likeness (QED) is 0.412. The molecule has 0 rings (SSSR count). The maximum Gasteiger partial charge on any atom is -0.00773 e. The molecule has 0 heterocycles. The molecule has 0 unspecified atom stereocenters. The van der Waals surface area contributed by atoms with Crippen LogP contribution in [-0.4, -0.2) is 6.54 Å². The summed E-state index contributed by atoms with van der Waals surface area (Å²) in [5.41, 5.74) is 5.41. The van der Waals surface area contributed by atoms with Gasteiger partial charge in [0, 0.05) is 0 Å². The Kier molecular flexibility index (Phi) is 17.5. The third kappa shape index (κ3) is 14.2. The molecule has 0 aromatic rings. The maximum atomic E-state index is 5.41. The van der Waals surface area contributed by atoms with E-state index >= 15 is 0 Å². The van der Waals surface area contributed by atoms with Crippen molar-refractivity contribution in [1.29, 1.82) is 0 Å². The lowest BCUT2D eigenvalue weighted by Gasteiger charge is -2.00. The first kappa shape index (κ1) is 16.1. The molecular formula is C13H29N. The fraction of sp³-hybridized carbons (Fsp3) is 0.846. The molecule has 2 N–H and O–H groups in total. The second-order valence-electron chi connectivity index (χ2n) is 3.69. The molecule has 86 valence electrons. The zero-order chi connectivity index (χ0) is 9.78. The molecule has 14 heavy (non-hydrogen) atoms. The number of allylic oxidation sites excluding steroid dienone is 1. The first-order valence-corrected chi connectivity index (χ1v) is 5.72. The summed E-state index contributed by atoms with van der Waals surface area (Å²) in [4.78, 5) is 0. The second kappa shape index (κ2) is 15.2. The van der Waals surface area contributed by atoms with Crippen molar-refractivity contribution in [1.82, 2.24) is 0 Å². The van der Waals surface area contributed by atoms with Gasteiger partial charge in [0.25, 0.3) is 0 Å². The Morgan fingerprint density at radius 3 is 1.64 bits per heavy atom. The monoisotopic (exact) mass is 199 g/mol. The molecule has 0 saturated heterocycles. The average Bonchev–Trinajstić information content (AvgIpc) is 2.16. The van der Waals surface area contributed by atoms with Crippen LogP contribution < -0.4 is 5.73 Å². The van der Waals surface area contributed by atoms with Crippen LogP contribution in [0.2, 0.25) is 0 Å². The van der Waals surface area contributed by atoms with Crippen molar-refractivity contribution in [2.75, 3.05) is 6.54 Å². The van der Waals surface area contributed by atoms with Crippen LogP contribution in [-0.2, 0) is 0 Å². The third-order valence-electron chi connectivity index (χ3n) is 2.36. The van der Waals surface area contributed by atoms with Crippen LogP contribution in [0.3, 0.4) is 0 Å². The van der Waals surface area contributed by atoms with Gasteiger partial charge in [0.05, 0.1) is 0 Å². The molecular weight excluding hydrogens is 170 g/mol. The van der Waals surface area contributed by atoms with Crippen molar-refractivity contribution in [3.05, 3.63) is 12.7 Å². The highest BCUT2D eigenvalue weighted by atomic mass is 14.5. The van der Waals surface area contributed by atoms with Crippen LogP contribution >= 0.6 is 0 Å². The maximum absolute atomic E-state index is 5.41. The standard InChI is InChI=1S/C12H25N.CH4/c1-2-3-4-5-6-7-8-9-10-11-12-13;/h2H,1,3-13H2;1H4. The van der Waals surface area contributed by atoms with E-state index in [-0.39, 0.29) is 7.43 Å². The molecule has 0 aromatic heterocycles. The van der Waals surface area contributed by atoms with E-state index in [0.717, 1.165) is 6.54 Å². The van der Waals surface area contributed by atoms with E-state index in [2.05, 4.69) is 6.58 Å². The molecule has 0 radical (unpaired) electrons. The molecule has 0 spiro atoms. The smallest absolute Gasteiger partial charge is 0.00773 e. The van der Waals surface area contributed by atoms with E-state index in [4.69, 9.17) is 5.73 Å². The van der Waals surface area contributed by atoms with E-state index in [1.807, 2.05) is 6.08 Å². The summed E-state index contributed by atoms with van der Waals surface area (Å²) in [5.74, 6) is 0. The van der Waals surface area contributed by atoms with Gasteiger partial charge in [0.2, 0.25) is 0 Å². The van der Waals surface area contributed by atoms with Crippen LogP contribution in [0.25, 0.3) is 0 Å². The van der Waals surface area contributed by atoms with Gasteiger partial charge in [-0.1, -0.05) is 52.0 Å². The highest BCUT2D eigenvalue weighted by molar-refractivity contribution is 4.65. The van der Waals surface area contributed by atoms with E-state index in [1.54, 1.807) is 0 Å². The fourth-order valence-corrected chi connectivity index (χ4v) is 1.49. The Labute approximate surface area is 90.8 Å². The van der Waals surface area contributed by atoms with Crippen molar-refractivity contribution in [3.8, 4) is 0 Å². The van der Waals surface area contributed by atoms with Crippen molar-refractivity contribution in [2.24, 2.45) is 5.73 Å². The summed E-state index contributed by atoms with van der Waals surface area (Å²) < 4.78 is 0. The summed E-state index contributed by atoms with van der Waals surface area (Å²) in [6.45, 7) is 4.58. The molecule has 0 atom stereocenters. The molecule has 1 nitrogen and oxygen atoms in total. The fourth-order valence-electron chi connectivity index (χ4n) is 1.49. The van der Waals surface area contributed by atoms with Gasteiger partial charge in [0.1, 0.15) is 0 Å². The van der Waals surface area contributed by atoms with Gasteiger partial charge in [-0.3, -0.25) is 0 Å². The largest absolute Gasteiger partial charge is 0.330 e. The highest BCUT2D eigenvalue weighted by Gasteiger charge is 1.90. The van der Waals surface area contributed by atoms with Gasteiger partial charge in [-0.05, 0) is 25.8 Å². The van der Waals surface area contributed by atoms with E-state index in [1.165, 1.54) is 57.8 Å². The van der Waals surface area contributed by atoms with Gasteiger partial charge >= 0.3 is 0 Å². The van der Waals surface area contributed by atoms with Crippen molar-refractivity contribution < 1.29 is 0 Å². The van der Waals surface area contributed by atoms with Crippen molar-refractivity contribution in [3.63, 3.8) is 0 Å². The topological polar surface area (TPSA) is 26.0 Å². The Morgan fingerprint density at radius 1 is 0.786 bits per heavy atom. The summed E-state index contributed by atoms with van der Waals surface area (Å²) >= 11 is 0. The Balaban J connectivity index is 0. The second-order valence-corrected chi connectivity index (χ2v) is 3.69. The number of hydrogen-bond donors (Lipinski definition) is 1. The first-order chi connectivity index (χ1) is 6.41. The minimum atomic E-state index is 0. The van der Waals surface area contributed by atoms with Gasteiger partial charge in [-0.2, -0.15) is 0 Å². The van der Waals surface area contributed by atoms with E-state index < -0.39 is 0 Å². The molecule has 0 aromatic carbocycles. The summed E-state index contributed by atoms with van der Waals surface area (Å²) in [7, 11) is 0. The predicted molar refractivity (Wildman–Crippen MR) is 67.5 cm³/mol. The van der Waals surface area contributed by atoms with Gasteiger partial charge in [-0.15, -0.1) is 6.58 Å². The Bertz CT molecular complexity index is 99.4. The van der Waals surface area contributed by atoms with Crippen molar-refractivity contribution >= 4 is 0 Å². The number of rotatable bonds is 10. The molecule has 1 heteroatoms. The number of hydrogen-bond acceptors (Lipinski definition) is 1. The van der Waals surface area contributed by atoms with Crippen LogP contribution in [0.15, 0.2) is 12.7 Å². The molecule has 0 saturated carbocycles.